The number of thiazole rings is 1. The predicted molar refractivity (Wildman–Crippen MR) is 164 cm³/mol. The highest BCUT2D eigenvalue weighted by Crippen LogP contribution is 2.63. The highest BCUT2D eigenvalue weighted by Gasteiger charge is 2.61. The second kappa shape index (κ2) is 9.93. The minimum atomic E-state index is -0.867. The van der Waals surface area contributed by atoms with Gasteiger partial charge in [0.25, 0.3) is 0 Å². The number of pyridine rings is 1. The Morgan fingerprint density at radius 1 is 1.02 bits per heavy atom. The van der Waals surface area contributed by atoms with Crippen LogP contribution in [0.25, 0.3) is 11.1 Å². The van der Waals surface area contributed by atoms with Crippen molar-refractivity contribution in [1.82, 2.24) is 9.97 Å². The number of methoxy groups -OCH3 is 1. The molecule has 3 aliphatic carbocycles. The highest BCUT2D eigenvalue weighted by atomic mass is 32.1. The summed E-state index contributed by atoms with van der Waals surface area (Å²) in [5.74, 6) is 0.348. The Hall–Kier alpha value is -4.80. The van der Waals surface area contributed by atoms with Crippen molar-refractivity contribution in [3.63, 3.8) is 0 Å². The van der Waals surface area contributed by atoms with Crippen LogP contribution in [0, 0.1) is 16.7 Å². The molecule has 1 amide bonds. The maximum atomic E-state index is 14.1. The first kappa shape index (κ1) is 26.1. The summed E-state index contributed by atoms with van der Waals surface area (Å²) >= 11 is 1.43. The van der Waals surface area contributed by atoms with Crippen molar-refractivity contribution in [1.29, 1.82) is 5.26 Å². The van der Waals surface area contributed by atoms with Crippen LogP contribution in [-0.4, -0.2) is 23.0 Å². The summed E-state index contributed by atoms with van der Waals surface area (Å²) in [5.41, 5.74) is 6.47. The maximum absolute atomic E-state index is 14.1. The molecule has 1 atom stereocenters. The van der Waals surface area contributed by atoms with Gasteiger partial charge in [-0.05, 0) is 58.9 Å². The van der Waals surface area contributed by atoms with E-state index in [1.54, 1.807) is 13.3 Å². The van der Waals surface area contributed by atoms with Gasteiger partial charge in [-0.3, -0.25) is 4.79 Å². The quantitative estimate of drug-likeness (QED) is 0.236. The highest BCUT2D eigenvalue weighted by molar-refractivity contribution is 7.13. The zero-order valence-corrected chi connectivity index (χ0v) is 24.1. The normalized spacial score (nSPS) is 21.6. The van der Waals surface area contributed by atoms with Gasteiger partial charge >= 0.3 is 0 Å². The van der Waals surface area contributed by atoms with Crippen molar-refractivity contribution in [3.05, 3.63) is 130 Å². The molecule has 7 heteroatoms. The summed E-state index contributed by atoms with van der Waals surface area (Å²) in [6, 6.07) is 31.0. The first-order chi connectivity index (χ1) is 20.5. The van der Waals surface area contributed by atoms with Gasteiger partial charge in [-0.15, -0.1) is 11.3 Å². The number of rotatable bonds is 6. The van der Waals surface area contributed by atoms with Crippen molar-refractivity contribution >= 4 is 22.4 Å². The third kappa shape index (κ3) is 3.94. The molecular weight excluding hydrogens is 540 g/mol. The monoisotopic (exact) mass is 568 g/mol. The number of anilines is 1. The molecule has 0 fully saturated rings. The lowest BCUT2D eigenvalue weighted by atomic mass is 9.47. The molecule has 3 aromatic carbocycles. The molecule has 6 nitrogen and oxygen atoms in total. The summed E-state index contributed by atoms with van der Waals surface area (Å²) in [4.78, 5) is 23.1. The van der Waals surface area contributed by atoms with Crippen LogP contribution in [0.2, 0.25) is 0 Å². The Balaban J connectivity index is 1.13. The summed E-state index contributed by atoms with van der Waals surface area (Å²) in [7, 11) is 1.62. The van der Waals surface area contributed by atoms with Gasteiger partial charge in [0.2, 0.25) is 11.8 Å². The number of nitriles is 1. The Labute approximate surface area is 248 Å². The first-order valence-corrected chi connectivity index (χ1v) is 14.8. The number of carbonyl (C=O) groups is 1. The van der Waals surface area contributed by atoms with Crippen LogP contribution < -0.4 is 10.1 Å². The van der Waals surface area contributed by atoms with E-state index in [2.05, 4.69) is 52.8 Å². The average molecular weight is 569 g/mol. The maximum Gasteiger partial charge on any atom is 0.233 e. The van der Waals surface area contributed by atoms with Crippen molar-refractivity contribution in [2.45, 2.75) is 31.1 Å². The number of hydrogen-bond donors (Lipinski definition) is 1. The molecule has 206 valence electrons. The molecule has 0 saturated carbocycles. The first-order valence-electron chi connectivity index (χ1n) is 13.9. The van der Waals surface area contributed by atoms with Crippen molar-refractivity contribution in [2.24, 2.45) is 5.41 Å². The standard InChI is InChI=1S/C35H28N4O2S/c1-34(20-35(21-36)28-11-5-3-8-26(28)30(34)27-9-4-6-12-29(27)35)32(40)39-33-38-24(19-42-33)18-22-13-15-23(16-14-22)25-10-7-17-37-31(25)41-2/h3-17,19,30H,18,20H2,1-2H3,(H,38,39,40). The number of nitrogens with one attached hydrogen (secondary N) is 1. The molecule has 0 aliphatic heterocycles. The van der Waals surface area contributed by atoms with E-state index in [0.717, 1.165) is 44.6 Å². The molecule has 8 rings (SSSR count). The van der Waals surface area contributed by atoms with E-state index >= 15 is 0 Å². The lowest BCUT2D eigenvalue weighted by Gasteiger charge is -2.54. The van der Waals surface area contributed by atoms with E-state index in [9.17, 15) is 10.1 Å². The van der Waals surface area contributed by atoms with E-state index in [0.29, 0.717) is 23.9 Å². The fraction of sp³-hybridized carbons (Fsp3) is 0.200. The van der Waals surface area contributed by atoms with E-state index < -0.39 is 10.8 Å². The molecule has 1 N–H and O–H groups in total. The zero-order valence-electron chi connectivity index (χ0n) is 23.3. The van der Waals surface area contributed by atoms with Gasteiger partial charge < -0.3 is 10.1 Å². The van der Waals surface area contributed by atoms with Gasteiger partial charge in [0.15, 0.2) is 5.13 Å². The third-order valence-corrected chi connectivity index (χ3v) is 9.64. The molecule has 3 aliphatic rings. The average Bonchev–Trinajstić information content (AvgIpc) is 3.47. The largest absolute Gasteiger partial charge is 0.481 e. The van der Waals surface area contributed by atoms with E-state index in [-0.39, 0.29) is 11.8 Å². The molecule has 2 heterocycles. The number of amides is 1. The minimum absolute atomic E-state index is 0.105. The smallest absolute Gasteiger partial charge is 0.233 e. The van der Waals surface area contributed by atoms with Gasteiger partial charge in [0.05, 0.1) is 24.3 Å². The molecular formula is C35H28N4O2S. The van der Waals surface area contributed by atoms with Crippen molar-refractivity contribution in [3.8, 4) is 23.1 Å². The lowest BCUT2D eigenvalue weighted by molar-refractivity contribution is -0.127. The molecule has 0 spiro atoms. The third-order valence-electron chi connectivity index (χ3n) is 8.83. The minimum Gasteiger partial charge on any atom is -0.481 e. The molecule has 0 saturated heterocycles. The van der Waals surface area contributed by atoms with Crippen LogP contribution >= 0.6 is 11.3 Å². The predicted octanol–water partition coefficient (Wildman–Crippen LogP) is 7.11. The van der Waals surface area contributed by atoms with Crippen LogP contribution in [0.15, 0.2) is 96.5 Å². The molecule has 42 heavy (non-hydrogen) atoms. The second-order valence-corrected chi connectivity index (χ2v) is 12.1. The Morgan fingerprint density at radius 3 is 2.38 bits per heavy atom. The van der Waals surface area contributed by atoms with Gasteiger partial charge in [-0.2, -0.15) is 5.26 Å². The topological polar surface area (TPSA) is 87.9 Å². The van der Waals surface area contributed by atoms with Gasteiger partial charge in [0.1, 0.15) is 5.41 Å². The molecule has 0 radical (unpaired) electrons. The molecule has 2 bridgehead atoms. The molecule has 2 aromatic heterocycles. The lowest BCUT2D eigenvalue weighted by Crippen LogP contribution is -2.53. The van der Waals surface area contributed by atoms with Crippen molar-refractivity contribution in [2.75, 3.05) is 12.4 Å². The van der Waals surface area contributed by atoms with Crippen LogP contribution in [0.5, 0.6) is 5.88 Å². The zero-order chi connectivity index (χ0) is 28.9. The van der Waals surface area contributed by atoms with Gasteiger partial charge in [-0.25, -0.2) is 9.97 Å². The van der Waals surface area contributed by atoms with Crippen LogP contribution in [-0.2, 0) is 16.6 Å². The summed E-state index contributed by atoms with van der Waals surface area (Å²) in [6.45, 7) is 2.00. The second-order valence-electron chi connectivity index (χ2n) is 11.3. The van der Waals surface area contributed by atoms with Gasteiger partial charge in [-0.1, -0.05) is 72.8 Å². The molecule has 5 aromatic rings. The van der Waals surface area contributed by atoms with E-state index in [4.69, 9.17) is 9.72 Å². The summed E-state index contributed by atoms with van der Waals surface area (Å²) < 4.78 is 5.40. The number of hydrogen-bond acceptors (Lipinski definition) is 6. The Bertz CT molecular complexity index is 1830. The van der Waals surface area contributed by atoms with Gasteiger partial charge in [0, 0.05) is 29.5 Å². The fourth-order valence-electron chi connectivity index (χ4n) is 6.96. The Kier molecular flexibility index (Phi) is 6.18. The van der Waals surface area contributed by atoms with Crippen LogP contribution in [0.4, 0.5) is 5.13 Å². The van der Waals surface area contributed by atoms with Crippen molar-refractivity contribution < 1.29 is 9.53 Å². The Morgan fingerprint density at radius 2 is 1.71 bits per heavy atom. The SMILES string of the molecule is COc1ncccc1-c1ccc(Cc2csc(NC(=O)C3(C)CC4(C#N)c5ccccc5C3c3ccccc34)n2)cc1. The molecule has 1 unspecified atom stereocenters. The number of nitrogens with zero attached hydrogens (tertiary/aromatic N) is 3. The fourth-order valence-corrected chi connectivity index (χ4v) is 7.66. The number of fused-ring (bicyclic) bond motifs is 1. The van der Waals surface area contributed by atoms with E-state index in [1.807, 2.05) is 60.8 Å². The number of aromatic nitrogens is 2. The number of ether oxygens (including phenoxy) is 1. The van der Waals surface area contributed by atoms with E-state index in [1.165, 1.54) is 11.3 Å². The van der Waals surface area contributed by atoms with Crippen LogP contribution in [0.1, 0.15) is 52.8 Å². The summed E-state index contributed by atoms with van der Waals surface area (Å²) in [5, 5.41) is 16.3. The summed E-state index contributed by atoms with van der Waals surface area (Å²) in [6.07, 6.45) is 2.79. The number of carbonyl (C=O) groups excluding carboxylic acids is 1. The van der Waals surface area contributed by atoms with Crippen LogP contribution in [0.3, 0.4) is 0 Å². The number of benzene rings is 3.